The lowest BCUT2D eigenvalue weighted by molar-refractivity contribution is -0.153. The molecule has 1 saturated carbocycles. The molecule has 13 nitrogen and oxygen atoms in total. The van der Waals surface area contributed by atoms with E-state index in [1.54, 1.807) is 39.2 Å². The summed E-state index contributed by atoms with van der Waals surface area (Å²) >= 11 is 0. The summed E-state index contributed by atoms with van der Waals surface area (Å²) in [5.41, 5.74) is 3.82. The molecule has 3 aliphatic carbocycles. The van der Waals surface area contributed by atoms with Crippen molar-refractivity contribution in [2.45, 2.75) is 82.3 Å². The van der Waals surface area contributed by atoms with E-state index in [1.807, 2.05) is 12.3 Å². The van der Waals surface area contributed by atoms with Gasteiger partial charge in [0.1, 0.15) is 40.7 Å². The number of unbranched alkanes of at least 4 members (excludes halogenated alkanes) is 7. The van der Waals surface area contributed by atoms with Gasteiger partial charge in [0.25, 0.3) is 5.91 Å². The predicted octanol–water partition coefficient (Wildman–Crippen LogP) is 5.87. The first-order valence-electron chi connectivity index (χ1n) is 22.6. The van der Waals surface area contributed by atoms with E-state index < -0.39 is 71.1 Å². The fraction of sp³-hybridized carbons (Fsp3) is 0.392. The number of fused-ring (bicyclic) bond motifs is 3. The van der Waals surface area contributed by atoms with Crippen LogP contribution in [0.3, 0.4) is 0 Å². The summed E-state index contributed by atoms with van der Waals surface area (Å²) in [6.45, 7) is 0. The zero-order valence-corrected chi connectivity index (χ0v) is 38.6. The minimum absolute atomic E-state index is 0.0180. The van der Waals surface area contributed by atoms with E-state index in [-0.39, 0.29) is 42.0 Å². The molecule has 65 heavy (non-hydrogen) atoms. The summed E-state index contributed by atoms with van der Waals surface area (Å²) < 4.78 is 0. The number of anilines is 2. The van der Waals surface area contributed by atoms with Crippen LogP contribution in [0, 0.1) is 11.8 Å². The second kappa shape index (κ2) is 19.7. The van der Waals surface area contributed by atoms with E-state index >= 15 is 0 Å². The van der Waals surface area contributed by atoms with Gasteiger partial charge in [-0.1, -0.05) is 74.6 Å². The molecule has 0 saturated heterocycles. The Labute approximate surface area is 381 Å². The van der Waals surface area contributed by atoms with Crippen LogP contribution >= 0.6 is 7.26 Å². The number of hydrogen-bond acceptors (Lipinski definition) is 11. The van der Waals surface area contributed by atoms with Crippen LogP contribution < -0.4 is 32.0 Å². The molecule has 3 aliphatic rings. The molecule has 1 aromatic heterocycles. The normalized spacial score (nSPS) is 20.6. The van der Waals surface area contributed by atoms with Gasteiger partial charge in [-0.2, -0.15) is 0 Å². The van der Waals surface area contributed by atoms with Crippen molar-refractivity contribution in [3.8, 4) is 5.75 Å². The number of aliphatic hydroxyl groups is 3. The number of aliphatic hydroxyl groups excluding tert-OH is 2. The standard InChI is InChI=1S/C51H60N5O8P/c1-55(2)38-31-37(45(58)42-35(38)29-32-30-36-44(56(3)4)47(60)43(50(52)63)49(62)51(36,64)48(61)41(32)46(42)59)54-39(57)25-17-9-7-5-6-8-10-20-28-65(33-21-13-11-14-22-33,34-23-15-12-16-24-34)40-26-18-19-27-53-40/h11-16,18-19,21-24,26-27,31-32,36,44,64H,5-10,17,20,25,28-30H2,1-4H3,(H5-,52,54,57,58,59,60,61,62,63)/p+1/t32-,36-,44-,51-/m0/s1. The topological polar surface area (TPSA) is 207 Å². The number of aromatic nitrogens is 1. The highest BCUT2D eigenvalue weighted by Crippen LogP contribution is 2.56. The van der Waals surface area contributed by atoms with Crippen LogP contribution in [0.25, 0.3) is 5.76 Å². The smallest absolute Gasteiger partial charge is 0.255 e. The van der Waals surface area contributed by atoms with Crippen LogP contribution in [0.15, 0.2) is 108 Å². The Kier molecular flexibility index (Phi) is 14.3. The number of rotatable bonds is 18. The average Bonchev–Trinajstić information content (AvgIpc) is 3.28. The number of carbonyl (C=O) groups excluding carboxylic acids is 4. The van der Waals surface area contributed by atoms with Gasteiger partial charge in [0.05, 0.1) is 23.5 Å². The van der Waals surface area contributed by atoms with Crippen LogP contribution in [0.2, 0.25) is 0 Å². The third kappa shape index (κ3) is 8.81. The van der Waals surface area contributed by atoms with Crippen molar-refractivity contribution in [2.75, 3.05) is 44.6 Å². The molecule has 0 unspecified atom stereocenters. The highest BCUT2D eigenvalue weighted by atomic mass is 31.2. The molecular weight excluding hydrogens is 842 g/mol. The van der Waals surface area contributed by atoms with E-state index in [2.05, 4.69) is 78.1 Å². The Bertz CT molecular complexity index is 2400. The number of amides is 2. The van der Waals surface area contributed by atoms with Crippen LogP contribution in [0.5, 0.6) is 5.75 Å². The van der Waals surface area contributed by atoms with Crippen molar-refractivity contribution in [2.24, 2.45) is 17.6 Å². The van der Waals surface area contributed by atoms with Crippen LogP contribution in [-0.2, 0) is 25.6 Å². The molecule has 4 atom stereocenters. The minimum atomic E-state index is -2.74. The van der Waals surface area contributed by atoms with Crippen molar-refractivity contribution in [1.82, 2.24) is 9.88 Å². The minimum Gasteiger partial charge on any atom is -0.508 e. The Morgan fingerprint density at radius 3 is 1.97 bits per heavy atom. The number of hydrogen-bond donors (Lipinski definition) is 6. The van der Waals surface area contributed by atoms with Gasteiger partial charge in [-0.05, 0) is 94.1 Å². The highest BCUT2D eigenvalue weighted by Gasteiger charge is 2.64. The number of benzene rings is 3. The van der Waals surface area contributed by atoms with Gasteiger partial charge < -0.3 is 36.4 Å². The lowest BCUT2D eigenvalue weighted by Gasteiger charge is -2.50. The number of nitrogens with one attached hydrogen (secondary N) is 1. The maximum absolute atomic E-state index is 14.3. The van der Waals surface area contributed by atoms with Gasteiger partial charge in [0, 0.05) is 50.0 Å². The number of nitrogens with two attached hydrogens (primary N) is 1. The fourth-order valence-corrected chi connectivity index (χ4v) is 14.7. The first-order valence-corrected chi connectivity index (χ1v) is 24.5. The third-order valence-corrected chi connectivity index (χ3v) is 17.9. The number of likely N-dealkylation sites (N-methyl/N-ethyl adjacent to an activating group) is 1. The summed E-state index contributed by atoms with van der Waals surface area (Å²) in [6, 6.07) is 28.4. The zero-order chi connectivity index (χ0) is 46.6. The predicted molar refractivity (Wildman–Crippen MR) is 257 cm³/mol. The van der Waals surface area contributed by atoms with Gasteiger partial charge in [-0.15, -0.1) is 0 Å². The van der Waals surface area contributed by atoms with Crippen molar-refractivity contribution >= 4 is 63.8 Å². The number of nitrogens with zero attached hydrogens (tertiary/aromatic N) is 3. The molecule has 1 fully saturated rings. The van der Waals surface area contributed by atoms with E-state index in [1.165, 1.54) is 15.5 Å². The van der Waals surface area contributed by atoms with Gasteiger partial charge in [0.15, 0.2) is 16.8 Å². The van der Waals surface area contributed by atoms with Crippen LogP contribution in [0.1, 0.15) is 75.3 Å². The molecule has 7 N–H and O–H groups in total. The second-order valence-corrected chi connectivity index (χ2v) is 21.6. The lowest BCUT2D eigenvalue weighted by Crippen LogP contribution is -2.65. The summed E-state index contributed by atoms with van der Waals surface area (Å²) in [6.07, 6.45) is 11.3. The van der Waals surface area contributed by atoms with Crippen molar-refractivity contribution in [3.05, 3.63) is 119 Å². The molecule has 0 radical (unpaired) electrons. The molecule has 0 bridgehead atoms. The zero-order valence-electron chi connectivity index (χ0n) is 37.7. The average molecular weight is 903 g/mol. The van der Waals surface area contributed by atoms with Crippen LogP contribution in [0.4, 0.5) is 11.4 Å². The van der Waals surface area contributed by atoms with Crippen molar-refractivity contribution < 1.29 is 39.6 Å². The van der Waals surface area contributed by atoms with Crippen LogP contribution in [-0.4, -0.2) is 99.7 Å². The molecular formula is C51H61N5O8P+. The molecule has 3 aromatic carbocycles. The highest BCUT2D eigenvalue weighted by molar-refractivity contribution is 7.95. The van der Waals surface area contributed by atoms with Gasteiger partial charge in [-0.3, -0.25) is 24.1 Å². The maximum Gasteiger partial charge on any atom is 0.255 e. The number of pyridine rings is 1. The maximum atomic E-state index is 14.3. The number of primary amides is 1. The Hall–Kier alpha value is -5.88. The number of phenols is 1. The second-order valence-electron chi connectivity index (χ2n) is 18.0. The Morgan fingerprint density at radius 2 is 1.42 bits per heavy atom. The fourth-order valence-electron chi connectivity index (χ4n) is 10.4. The molecule has 14 heteroatoms. The molecule has 1 heterocycles. The summed E-state index contributed by atoms with van der Waals surface area (Å²) in [5, 5.41) is 52.1. The molecule has 0 aliphatic heterocycles. The van der Waals surface area contributed by atoms with E-state index in [0.29, 0.717) is 17.7 Å². The number of aromatic hydroxyl groups is 1. The first kappa shape index (κ1) is 47.1. The lowest BCUT2D eigenvalue weighted by atomic mass is 9.57. The van der Waals surface area contributed by atoms with E-state index in [4.69, 9.17) is 10.7 Å². The summed E-state index contributed by atoms with van der Waals surface area (Å²) in [4.78, 5) is 61.6. The van der Waals surface area contributed by atoms with E-state index in [9.17, 15) is 39.6 Å². The monoisotopic (exact) mass is 902 g/mol. The number of carbonyl (C=O) groups is 4. The molecule has 342 valence electrons. The molecule has 4 aromatic rings. The quantitative estimate of drug-likeness (QED) is 0.0302. The SMILES string of the molecule is CN(C)c1cc(NC(=O)CCCCCCCCCC[P+](c2ccccc2)(c2ccccc2)c2ccccn2)c(O)c2c1C[C@H]1C[C@H]3[C@H](N(C)C)C(=O)C(C(N)=O)=C(O)[C@@]3(O)C(=O)C1=C2O. The van der Waals surface area contributed by atoms with Gasteiger partial charge >= 0.3 is 0 Å². The third-order valence-electron chi connectivity index (χ3n) is 13.5. The number of Topliss-reactive ketones (excluding diaryl/α,β-unsaturated/α-hetero) is 2. The summed E-state index contributed by atoms with van der Waals surface area (Å²) in [5.74, 6) is -7.60. The largest absolute Gasteiger partial charge is 0.508 e. The number of phenolic OH excluding ortho intramolecular Hbond substituents is 1. The van der Waals surface area contributed by atoms with E-state index in [0.717, 1.165) is 56.5 Å². The summed E-state index contributed by atoms with van der Waals surface area (Å²) in [7, 11) is 4.73. The first-order chi connectivity index (χ1) is 31.1. The van der Waals surface area contributed by atoms with Crippen molar-refractivity contribution in [1.29, 1.82) is 0 Å². The molecule has 0 spiro atoms. The Balaban J connectivity index is 0.961. The number of ketones is 2. The molecule has 2 amide bonds. The van der Waals surface area contributed by atoms with Gasteiger partial charge in [-0.25, -0.2) is 4.98 Å². The molecule has 7 rings (SSSR count). The van der Waals surface area contributed by atoms with Gasteiger partial charge in [0.2, 0.25) is 11.7 Å². The van der Waals surface area contributed by atoms with Crippen molar-refractivity contribution in [3.63, 3.8) is 0 Å². The Morgan fingerprint density at radius 1 is 0.831 bits per heavy atom.